The minimum absolute atomic E-state index is 0.0288. The molecule has 4 heterocycles. The highest BCUT2D eigenvalue weighted by molar-refractivity contribution is 6.11. The van der Waals surface area contributed by atoms with Crippen LogP contribution in [-0.2, 0) is 33.6 Å². The molecule has 1 aliphatic carbocycles. The van der Waals surface area contributed by atoms with Gasteiger partial charge in [0.1, 0.15) is 18.0 Å². The predicted molar refractivity (Wildman–Crippen MR) is 279 cm³/mol. The second-order valence-electron chi connectivity index (χ2n) is 24.9. The second kappa shape index (κ2) is 16.0. The number of allylic oxidation sites excluding steroid dienone is 2. The summed E-state index contributed by atoms with van der Waals surface area (Å²) in [6.45, 7) is 45.6. The van der Waals surface area contributed by atoms with Crippen molar-refractivity contribution in [3.8, 4) is 11.3 Å². The zero-order valence-electron chi connectivity index (χ0n) is 44.2. The fraction of sp³-hybridized carbons (Fsp3) is 0.574. The lowest BCUT2D eigenvalue weighted by molar-refractivity contribution is -0.758. The van der Waals surface area contributed by atoms with Gasteiger partial charge in [-0.05, 0) is 125 Å². The third-order valence-corrected chi connectivity index (χ3v) is 17.3. The summed E-state index contributed by atoms with van der Waals surface area (Å²) >= 11 is 0. The molecule has 65 heavy (non-hydrogen) atoms. The van der Waals surface area contributed by atoms with Gasteiger partial charge in [0, 0.05) is 66.2 Å². The van der Waals surface area contributed by atoms with Gasteiger partial charge in [0.05, 0.1) is 5.56 Å². The lowest BCUT2D eigenvalue weighted by Crippen LogP contribution is -2.71. The molecule has 3 aromatic carbocycles. The van der Waals surface area contributed by atoms with Gasteiger partial charge in [-0.15, -0.1) is 0 Å². The number of hydrogen-bond donors (Lipinski definition) is 0. The molecule has 0 fully saturated rings. The molecule has 3 aliphatic rings. The highest BCUT2D eigenvalue weighted by Gasteiger charge is 2.64. The maximum Gasteiger partial charge on any atom is 0.257 e. The minimum Gasteiger partial charge on any atom is -0.449 e. The summed E-state index contributed by atoms with van der Waals surface area (Å²) in [5, 5.41) is 5.17. The van der Waals surface area contributed by atoms with Crippen molar-refractivity contribution in [2.45, 2.75) is 183 Å². The summed E-state index contributed by atoms with van der Waals surface area (Å²) in [4.78, 5) is 2.57. The topological polar surface area (TPSA) is 23.3 Å². The second-order valence-corrected chi connectivity index (χ2v) is 24.9. The summed E-state index contributed by atoms with van der Waals surface area (Å²) in [5.74, 6) is 0.922. The average molecular weight is 876 g/mol. The minimum atomic E-state index is -0.551. The van der Waals surface area contributed by atoms with Gasteiger partial charge in [-0.3, -0.25) is 0 Å². The summed E-state index contributed by atoms with van der Waals surface area (Å²) < 4.78 is 13.1. The van der Waals surface area contributed by atoms with Crippen molar-refractivity contribution in [1.29, 1.82) is 0 Å². The Morgan fingerprint density at radius 2 is 1.34 bits per heavy atom. The smallest absolute Gasteiger partial charge is 0.257 e. The van der Waals surface area contributed by atoms with Crippen molar-refractivity contribution in [2.75, 3.05) is 27.2 Å². The number of hydrogen-bond acceptors (Lipinski definition) is 2. The van der Waals surface area contributed by atoms with E-state index in [2.05, 4.69) is 194 Å². The van der Waals surface area contributed by atoms with Crippen molar-refractivity contribution in [3.63, 3.8) is 0 Å². The van der Waals surface area contributed by atoms with Crippen LogP contribution in [0, 0.1) is 17.3 Å². The van der Waals surface area contributed by atoms with Gasteiger partial charge in [0.25, 0.3) is 5.69 Å². The maximum absolute atomic E-state index is 7.76. The van der Waals surface area contributed by atoms with Gasteiger partial charge in [0.15, 0.2) is 18.5 Å². The van der Waals surface area contributed by atoms with Crippen LogP contribution in [0.5, 0.6) is 0 Å². The van der Waals surface area contributed by atoms with Gasteiger partial charge in [-0.25, -0.2) is 4.58 Å². The zero-order chi connectivity index (χ0) is 47.6. The monoisotopic (exact) mass is 876 g/mol. The number of rotatable bonds is 7. The van der Waals surface area contributed by atoms with E-state index in [-0.39, 0.29) is 21.7 Å². The summed E-state index contributed by atoms with van der Waals surface area (Å²) in [6, 6.07) is 16.9. The van der Waals surface area contributed by atoms with Gasteiger partial charge >= 0.3 is 0 Å². The van der Waals surface area contributed by atoms with Crippen molar-refractivity contribution in [2.24, 2.45) is 17.3 Å². The van der Waals surface area contributed by atoms with E-state index in [4.69, 9.17) is 11.0 Å². The first kappa shape index (κ1) is 47.3. The van der Waals surface area contributed by atoms with Crippen LogP contribution in [0.3, 0.4) is 0 Å². The Morgan fingerprint density at radius 1 is 0.738 bits per heavy atom. The zero-order valence-corrected chi connectivity index (χ0v) is 44.2. The third-order valence-electron chi connectivity index (χ3n) is 17.3. The Balaban J connectivity index is 1.58. The Labute approximate surface area is 394 Å². The van der Waals surface area contributed by atoms with Crippen molar-refractivity contribution in [1.82, 2.24) is 4.90 Å². The van der Waals surface area contributed by atoms with Crippen molar-refractivity contribution in [3.05, 3.63) is 100 Å². The molecule has 2 aromatic heterocycles. The molecule has 4 heteroatoms. The Bertz CT molecular complexity index is 2780. The lowest BCUT2D eigenvalue weighted by Gasteiger charge is -2.48. The SMILES string of the molecule is C=C1CN(C)C(C(CC)CC)=CC(C(CC)CC)=[N+](C)CC2(C)c3c(cc(C(C)(C)C)c4ccccc34)-c3c4oc5c6c(c(CC(C)(C)C)cc5c4cc[n+]3C12C)C(C)(C)CCC6(C)C. The van der Waals surface area contributed by atoms with Crippen LogP contribution in [0.25, 0.3) is 44.0 Å². The van der Waals surface area contributed by atoms with Crippen LogP contribution in [0.15, 0.2) is 77.0 Å². The molecular weight excluding hydrogens is 791 g/mol. The molecule has 2 unspecified atom stereocenters. The van der Waals surface area contributed by atoms with Crippen molar-refractivity contribution >= 4 is 38.4 Å². The van der Waals surface area contributed by atoms with Gasteiger partial charge in [-0.1, -0.05) is 128 Å². The van der Waals surface area contributed by atoms with Crippen molar-refractivity contribution < 1.29 is 13.6 Å². The molecule has 2 aliphatic heterocycles. The first-order valence-electron chi connectivity index (χ1n) is 25.5. The number of furan rings is 1. The molecule has 0 spiro atoms. The van der Waals surface area contributed by atoms with E-state index in [0.717, 1.165) is 62.8 Å². The predicted octanol–water partition coefficient (Wildman–Crippen LogP) is 15.3. The fourth-order valence-corrected chi connectivity index (χ4v) is 13.4. The number of fused-ring (bicyclic) bond motifs is 14. The molecule has 0 N–H and O–H groups in total. The lowest BCUT2D eigenvalue weighted by atomic mass is 9.58. The maximum atomic E-state index is 7.76. The van der Waals surface area contributed by atoms with E-state index in [1.54, 1.807) is 0 Å². The molecule has 5 aromatic rings. The highest BCUT2D eigenvalue weighted by atomic mass is 16.3. The molecule has 4 nitrogen and oxygen atoms in total. The van der Waals surface area contributed by atoms with Crippen LogP contribution in [0.4, 0.5) is 0 Å². The van der Waals surface area contributed by atoms with Crippen LogP contribution < -0.4 is 4.57 Å². The Morgan fingerprint density at radius 3 is 1.92 bits per heavy atom. The summed E-state index contributed by atoms with van der Waals surface area (Å²) in [7, 11) is 4.72. The quantitative estimate of drug-likeness (QED) is 0.120. The standard InChI is InChI=1S/C61H85N3O/c1-20-39(21-2)48-34-49(40(22-3)23-4)63(19)37-60(16)51-43-27-25-24-26-42(43)47(57(9,10)11)33-46(51)53-55-44(28-31-64(53)61(60,17)38(5)36-62(48)18)45-32-41(35-56(6,7)8)50-52(54(45)65-55)59(14,15)30-29-58(50,12)13/h24-28,31-34,39-40H,5,20-23,29-30,35-37H2,1-4,6-19H3/q+2. The van der Waals surface area contributed by atoms with E-state index >= 15 is 0 Å². The molecule has 348 valence electrons. The molecule has 0 amide bonds. The Kier molecular flexibility index (Phi) is 11.6. The molecule has 0 bridgehead atoms. The number of pyridine rings is 1. The third kappa shape index (κ3) is 7.27. The first-order chi connectivity index (χ1) is 30.3. The average Bonchev–Trinajstić information content (AvgIpc) is 3.59. The number of aromatic nitrogens is 1. The van der Waals surface area contributed by atoms with E-state index in [9.17, 15) is 0 Å². The highest BCUT2D eigenvalue weighted by Crippen LogP contribution is 2.57. The first-order valence-corrected chi connectivity index (χ1v) is 25.5. The summed E-state index contributed by atoms with van der Waals surface area (Å²) in [5.41, 5.74) is 15.0. The number of likely N-dealkylation sites (N-methyl/N-ethyl adjacent to an activating group) is 2. The van der Waals surface area contributed by atoms with E-state index in [1.807, 2.05) is 0 Å². The molecule has 8 rings (SSSR count). The van der Waals surface area contributed by atoms with Gasteiger partial charge < -0.3 is 9.32 Å². The van der Waals surface area contributed by atoms with E-state index in [1.165, 1.54) is 84.0 Å². The van der Waals surface area contributed by atoms with Gasteiger partial charge in [-0.2, -0.15) is 4.57 Å². The molecule has 0 saturated heterocycles. The van der Waals surface area contributed by atoms with Crippen LogP contribution in [-0.4, -0.2) is 42.4 Å². The number of benzene rings is 3. The van der Waals surface area contributed by atoms with E-state index < -0.39 is 11.0 Å². The molecule has 0 saturated carbocycles. The Hall–Kier alpha value is -4.18. The molecule has 0 radical (unpaired) electrons. The van der Waals surface area contributed by atoms with Gasteiger partial charge in [0.2, 0.25) is 11.1 Å². The van der Waals surface area contributed by atoms with Crippen LogP contribution in [0.1, 0.15) is 177 Å². The molecule has 2 atom stereocenters. The fourth-order valence-electron chi connectivity index (χ4n) is 13.4. The normalized spacial score (nSPS) is 22.4. The number of nitrogens with zero attached hydrogens (tertiary/aromatic N) is 3. The van der Waals surface area contributed by atoms with E-state index in [0.29, 0.717) is 11.8 Å². The van der Waals surface area contributed by atoms with Crippen LogP contribution in [0.2, 0.25) is 0 Å². The van der Waals surface area contributed by atoms with Crippen LogP contribution >= 0.6 is 0 Å². The largest absolute Gasteiger partial charge is 0.449 e. The molecular formula is C61H85N3O+2. The summed E-state index contributed by atoms with van der Waals surface area (Å²) in [6.07, 6.45) is 12.8.